The Morgan fingerprint density at radius 2 is 2.15 bits per heavy atom. The van der Waals surface area contributed by atoms with Crippen LogP contribution in [0.4, 0.5) is 5.69 Å². The average molecular weight is 218 g/mol. The number of rotatable bonds is 0. The number of benzene rings is 1. The van der Waals surface area contributed by atoms with E-state index in [0.717, 1.165) is 0 Å². The molecule has 0 spiro atoms. The van der Waals surface area contributed by atoms with E-state index in [1.165, 1.54) is 0 Å². The maximum absolute atomic E-state index is 11.2. The third-order valence-electron chi connectivity index (χ3n) is 1.77. The van der Waals surface area contributed by atoms with Gasteiger partial charge in [0, 0.05) is 0 Å². The van der Waals surface area contributed by atoms with Gasteiger partial charge in [-0.05, 0) is 12.1 Å². The first-order valence-electron chi connectivity index (χ1n) is 3.59. The molecular formula is C8H5Cl2NO2. The predicted octanol–water partition coefficient (Wildman–Crippen LogP) is 2.53. The summed E-state index contributed by atoms with van der Waals surface area (Å²) in [5.41, 5.74) is 0.964. The van der Waals surface area contributed by atoms with Crippen molar-refractivity contribution in [1.29, 1.82) is 0 Å². The van der Waals surface area contributed by atoms with E-state index in [2.05, 4.69) is 5.32 Å². The van der Waals surface area contributed by atoms with Crippen molar-refractivity contribution in [2.45, 2.75) is 0 Å². The molecule has 0 saturated heterocycles. The lowest BCUT2D eigenvalue weighted by atomic mass is 10.1. The number of halogens is 2. The van der Waals surface area contributed by atoms with E-state index in [0.29, 0.717) is 21.3 Å². The minimum atomic E-state index is -0.382. The highest BCUT2D eigenvalue weighted by Gasteiger charge is 2.21. The first-order valence-corrected chi connectivity index (χ1v) is 4.35. The largest absolute Gasteiger partial charge is 0.441 e. The highest BCUT2D eigenvalue weighted by molar-refractivity contribution is 6.44. The number of anilines is 1. The molecule has 0 atom stereocenters. The zero-order chi connectivity index (χ0) is 9.42. The molecule has 5 heteroatoms. The third-order valence-corrected chi connectivity index (χ3v) is 2.57. The topological polar surface area (TPSA) is 38.3 Å². The first kappa shape index (κ1) is 8.66. The molecule has 0 unspecified atom stereocenters. The molecule has 3 nitrogen and oxygen atoms in total. The molecule has 1 heterocycles. The molecule has 1 N–H and O–H groups in total. The van der Waals surface area contributed by atoms with Gasteiger partial charge in [-0.3, -0.25) is 0 Å². The van der Waals surface area contributed by atoms with Crippen LogP contribution in [0.3, 0.4) is 0 Å². The molecule has 1 aliphatic rings. The number of fused-ring (bicyclic) bond motifs is 1. The summed E-state index contributed by atoms with van der Waals surface area (Å²) in [4.78, 5) is 11.2. The van der Waals surface area contributed by atoms with Crippen molar-refractivity contribution in [3.63, 3.8) is 0 Å². The Balaban J connectivity index is 2.63. The van der Waals surface area contributed by atoms with Crippen LogP contribution >= 0.6 is 23.2 Å². The van der Waals surface area contributed by atoms with Crippen LogP contribution in [0.25, 0.3) is 0 Å². The molecule has 0 aromatic heterocycles. The van der Waals surface area contributed by atoms with E-state index >= 15 is 0 Å². The Bertz CT molecular complexity index is 379. The number of hydrogen-bond acceptors (Lipinski definition) is 3. The Morgan fingerprint density at radius 1 is 1.38 bits per heavy atom. The van der Waals surface area contributed by atoms with Gasteiger partial charge >= 0.3 is 5.97 Å². The van der Waals surface area contributed by atoms with Crippen LogP contribution in [-0.4, -0.2) is 12.7 Å². The van der Waals surface area contributed by atoms with Gasteiger partial charge in [0.25, 0.3) is 0 Å². The Hall–Kier alpha value is -0.930. The Morgan fingerprint density at radius 3 is 2.92 bits per heavy atom. The van der Waals surface area contributed by atoms with Gasteiger partial charge in [-0.15, -0.1) is 0 Å². The third kappa shape index (κ3) is 1.34. The van der Waals surface area contributed by atoms with Crippen LogP contribution < -0.4 is 5.32 Å². The molecule has 0 aliphatic carbocycles. The Labute approximate surface area is 84.6 Å². The van der Waals surface area contributed by atoms with E-state index in [1.54, 1.807) is 12.1 Å². The number of nitrogens with one attached hydrogen (secondary N) is 1. The lowest BCUT2D eigenvalue weighted by molar-refractivity contribution is 0.0518. The molecule has 0 radical (unpaired) electrons. The fraction of sp³-hybridized carbons (Fsp3) is 0.125. The molecule has 2 rings (SSSR count). The lowest BCUT2D eigenvalue weighted by Gasteiger charge is -2.18. The van der Waals surface area contributed by atoms with Crippen LogP contribution in [-0.2, 0) is 4.74 Å². The summed E-state index contributed by atoms with van der Waals surface area (Å²) < 4.78 is 4.75. The Kier molecular flexibility index (Phi) is 2.06. The molecule has 0 saturated carbocycles. The molecule has 68 valence electrons. The van der Waals surface area contributed by atoms with Crippen molar-refractivity contribution in [3.8, 4) is 0 Å². The number of carbonyl (C=O) groups excluding carboxylic acids is 1. The molecule has 0 amide bonds. The SMILES string of the molecule is O=C1OCNc2c1ccc(Cl)c2Cl. The average Bonchev–Trinajstić information content (AvgIpc) is 2.12. The smallest absolute Gasteiger partial charge is 0.342 e. The normalized spacial score (nSPS) is 14.5. The number of carbonyl (C=O) groups is 1. The summed E-state index contributed by atoms with van der Waals surface area (Å²) in [5.74, 6) is -0.382. The van der Waals surface area contributed by atoms with Crippen LogP contribution in [0.5, 0.6) is 0 Å². The van der Waals surface area contributed by atoms with Gasteiger partial charge in [-0.1, -0.05) is 23.2 Å². The van der Waals surface area contributed by atoms with Crippen molar-refractivity contribution in [3.05, 3.63) is 27.7 Å². The van der Waals surface area contributed by atoms with E-state index < -0.39 is 0 Å². The number of esters is 1. The van der Waals surface area contributed by atoms with Gasteiger partial charge in [-0.2, -0.15) is 0 Å². The second-order valence-electron chi connectivity index (χ2n) is 2.54. The summed E-state index contributed by atoms with van der Waals surface area (Å²) in [6, 6.07) is 3.15. The zero-order valence-corrected chi connectivity index (χ0v) is 7.95. The summed E-state index contributed by atoms with van der Waals surface area (Å²) in [6.07, 6.45) is 0. The standard InChI is InChI=1S/C8H5Cl2NO2/c9-5-2-1-4-7(6(5)10)11-3-13-8(4)12/h1-2,11H,3H2. The van der Waals surface area contributed by atoms with E-state index in [9.17, 15) is 4.79 Å². The van der Waals surface area contributed by atoms with E-state index in [-0.39, 0.29) is 12.7 Å². The molecular weight excluding hydrogens is 213 g/mol. The summed E-state index contributed by atoms with van der Waals surface area (Å²) >= 11 is 11.6. The van der Waals surface area contributed by atoms with Gasteiger partial charge in [0.15, 0.2) is 6.73 Å². The fourth-order valence-corrected chi connectivity index (χ4v) is 1.53. The second kappa shape index (κ2) is 3.09. The highest BCUT2D eigenvalue weighted by Crippen LogP contribution is 2.34. The fourth-order valence-electron chi connectivity index (χ4n) is 1.15. The minimum absolute atomic E-state index is 0.131. The van der Waals surface area contributed by atoms with E-state index in [1.807, 2.05) is 0 Å². The first-order chi connectivity index (χ1) is 6.20. The monoisotopic (exact) mass is 217 g/mol. The maximum atomic E-state index is 11.2. The van der Waals surface area contributed by atoms with Crippen molar-refractivity contribution in [1.82, 2.24) is 0 Å². The number of cyclic esters (lactones) is 1. The number of ether oxygens (including phenoxy) is 1. The summed E-state index contributed by atoms with van der Waals surface area (Å²) in [6.45, 7) is 0.131. The van der Waals surface area contributed by atoms with Gasteiger partial charge in [0.05, 0.1) is 21.3 Å². The van der Waals surface area contributed by atoms with Crippen molar-refractivity contribution in [2.75, 3.05) is 12.0 Å². The van der Waals surface area contributed by atoms with Gasteiger partial charge in [0.1, 0.15) is 0 Å². The highest BCUT2D eigenvalue weighted by atomic mass is 35.5. The maximum Gasteiger partial charge on any atom is 0.342 e. The quantitative estimate of drug-likeness (QED) is 0.680. The number of hydrogen-bond donors (Lipinski definition) is 1. The molecule has 1 aliphatic heterocycles. The minimum Gasteiger partial charge on any atom is -0.441 e. The predicted molar refractivity (Wildman–Crippen MR) is 50.4 cm³/mol. The van der Waals surface area contributed by atoms with Crippen LogP contribution in [0.1, 0.15) is 10.4 Å². The van der Waals surface area contributed by atoms with Crippen LogP contribution in [0.2, 0.25) is 10.0 Å². The van der Waals surface area contributed by atoms with Gasteiger partial charge in [-0.25, -0.2) is 4.79 Å². The molecule has 1 aromatic rings. The molecule has 0 bridgehead atoms. The van der Waals surface area contributed by atoms with Crippen molar-refractivity contribution in [2.24, 2.45) is 0 Å². The molecule has 1 aromatic carbocycles. The van der Waals surface area contributed by atoms with Crippen LogP contribution in [0, 0.1) is 0 Å². The summed E-state index contributed by atoms with van der Waals surface area (Å²) in [7, 11) is 0. The van der Waals surface area contributed by atoms with E-state index in [4.69, 9.17) is 27.9 Å². The van der Waals surface area contributed by atoms with Gasteiger partial charge in [0.2, 0.25) is 0 Å². The van der Waals surface area contributed by atoms with Crippen molar-refractivity contribution < 1.29 is 9.53 Å². The second-order valence-corrected chi connectivity index (χ2v) is 3.32. The summed E-state index contributed by atoms with van der Waals surface area (Å²) in [5, 5.41) is 3.62. The van der Waals surface area contributed by atoms with Crippen molar-refractivity contribution >= 4 is 34.9 Å². The molecule has 0 fully saturated rings. The van der Waals surface area contributed by atoms with Crippen LogP contribution in [0.15, 0.2) is 12.1 Å². The molecule has 13 heavy (non-hydrogen) atoms. The lowest BCUT2D eigenvalue weighted by Crippen LogP contribution is -2.21. The van der Waals surface area contributed by atoms with Gasteiger partial charge < -0.3 is 10.1 Å². The zero-order valence-electron chi connectivity index (χ0n) is 6.43.